The number of para-hydroxylation sites is 1. The van der Waals surface area contributed by atoms with Gasteiger partial charge in [0.1, 0.15) is 18.5 Å². The van der Waals surface area contributed by atoms with Crippen LogP contribution in [0, 0.1) is 6.92 Å². The average molecular weight is 318 g/mol. The van der Waals surface area contributed by atoms with E-state index in [1.807, 2.05) is 31.2 Å². The summed E-state index contributed by atoms with van der Waals surface area (Å²) in [5.74, 6) is 0.873. The van der Waals surface area contributed by atoms with Crippen molar-refractivity contribution in [3.05, 3.63) is 29.8 Å². The minimum atomic E-state index is -0.423. The van der Waals surface area contributed by atoms with Crippen LogP contribution in [-0.4, -0.2) is 66.4 Å². The fourth-order valence-electron chi connectivity index (χ4n) is 3.84. The SMILES string of the molecule is Cc1ccccc1OCC(O)CN1CCN(C2CCCC2)CC1. The summed E-state index contributed by atoms with van der Waals surface area (Å²) in [5.41, 5.74) is 1.12. The molecule has 1 N–H and O–H groups in total. The van der Waals surface area contributed by atoms with Crippen LogP contribution < -0.4 is 4.74 Å². The summed E-state index contributed by atoms with van der Waals surface area (Å²) in [7, 11) is 0. The highest BCUT2D eigenvalue weighted by atomic mass is 16.5. The molecule has 2 aliphatic rings. The number of aliphatic hydroxyl groups excluding tert-OH is 1. The molecule has 0 amide bonds. The maximum atomic E-state index is 10.3. The van der Waals surface area contributed by atoms with Gasteiger partial charge in [0, 0.05) is 38.8 Å². The first-order valence-electron chi connectivity index (χ1n) is 9.05. The zero-order valence-corrected chi connectivity index (χ0v) is 14.3. The van der Waals surface area contributed by atoms with Crippen LogP contribution in [0.25, 0.3) is 0 Å². The Kier molecular flexibility index (Phi) is 5.92. The van der Waals surface area contributed by atoms with E-state index in [1.54, 1.807) is 0 Å². The highest BCUT2D eigenvalue weighted by molar-refractivity contribution is 5.31. The number of hydrogen-bond acceptors (Lipinski definition) is 4. The molecule has 1 saturated heterocycles. The minimum absolute atomic E-state index is 0.369. The number of ether oxygens (including phenoxy) is 1. The quantitative estimate of drug-likeness (QED) is 0.873. The van der Waals surface area contributed by atoms with Crippen LogP contribution in [0.1, 0.15) is 31.2 Å². The third-order valence-corrected chi connectivity index (χ3v) is 5.24. The van der Waals surface area contributed by atoms with Gasteiger partial charge < -0.3 is 9.84 Å². The van der Waals surface area contributed by atoms with Crippen molar-refractivity contribution < 1.29 is 9.84 Å². The number of rotatable bonds is 6. The summed E-state index contributed by atoms with van der Waals surface area (Å²) in [5, 5.41) is 10.3. The monoisotopic (exact) mass is 318 g/mol. The molecule has 1 atom stereocenters. The van der Waals surface area contributed by atoms with Crippen LogP contribution in [0.3, 0.4) is 0 Å². The Hall–Kier alpha value is -1.10. The van der Waals surface area contributed by atoms with Crippen LogP contribution in [0.4, 0.5) is 0 Å². The lowest BCUT2D eigenvalue weighted by Crippen LogP contribution is -2.51. The molecule has 1 aromatic carbocycles. The van der Waals surface area contributed by atoms with Gasteiger partial charge in [-0.2, -0.15) is 0 Å². The van der Waals surface area contributed by atoms with E-state index in [9.17, 15) is 5.11 Å². The second kappa shape index (κ2) is 8.13. The van der Waals surface area contributed by atoms with Crippen molar-refractivity contribution in [1.82, 2.24) is 9.80 Å². The molecule has 0 radical (unpaired) electrons. The lowest BCUT2D eigenvalue weighted by Gasteiger charge is -2.38. The predicted octanol–water partition coefficient (Wildman–Crippen LogP) is 2.29. The zero-order valence-electron chi connectivity index (χ0n) is 14.3. The van der Waals surface area contributed by atoms with Crippen LogP contribution in [0.5, 0.6) is 5.75 Å². The van der Waals surface area contributed by atoms with E-state index in [0.717, 1.165) is 43.5 Å². The zero-order chi connectivity index (χ0) is 16.1. The van der Waals surface area contributed by atoms with Gasteiger partial charge in [0.2, 0.25) is 0 Å². The second-order valence-electron chi connectivity index (χ2n) is 7.01. The van der Waals surface area contributed by atoms with Crippen LogP contribution in [0.2, 0.25) is 0 Å². The first-order valence-corrected chi connectivity index (χ1v) is 9.05. The third-order valence-electron chi connectivity index (χ3n) is 5.24. The van der Waals surface area contributed by atoms with E-state index in [1.165, 1.54) is 25.7 Å². The second-order valence-corrected chi connectivity index (χ2v) is 7.01. The summed E-state index contributed by atoms with van der Waals surface area (Å²) in [4.78, 5) is 5.02. The number of piperazine rings is 1. The van der Waals surface area contributed by atoms with Gasteiger partial charge in [-0.25, -0.2) is 0 Å². The van der Waals surface area contributed by atoms with Gasteiger partial charge in [-0.1, -0.05) is 31.0 Å². The van der Waals surface area contributed by atoms with Crippen LogP contribution >= 0.6 is 0 Å². The minimum Gasteiger partial charge on any atom is -0.491 e. The maximum Gasteiger partial charge on any atom is 0.122 e. The molecule has 0 aromatic heterocycles. The number of aliphatic hydroxyl groups is 1. The first kappa shape index (κ1) is 16.7. The molecule has 4 nitrogen and oxygen atoms in total. The molecule has 1 aliphatic heterocycles. The number of β-amino-alcohol motifs (C(OH)–C–C–N with tert-alkyl or cyclic N) is 1. The van der Waals surface area contributed by atoms with Gasteiger partial charge in [0.15, 0.2) is 0 Å². The highest BCUT2D eigenvalue weighted by Crippen LogP contribution is 2.24. The average Bonchev–Trinajstić information content (AvgIpc) is 3.09. The fraction of sp³-hybridized carbons (Fsp3) is 0.684. The molecule has 1 unspecified atom stereocenters. The Balaban J connectivity index is 1.37. The molecular formula is C19H30N2O2. The molecule has 1 aliphatic carbocycles. The molecule has 3 rings (SSSR count). The standard InChI is InChI=1S/C19H30N2O2/c1-16-6-2-5-9-19(16)23-15-18(22)14-20-10-12-21(13-11-20)17-7-3-4-8-17/h2,5-6,9,17-18,22H,3-4,7-8,10-15H2,1H3. The first-order chi connectivity index (χ1) is 11.2. The molecule has 23 heavy (non-hydrogen) atoms. The molecule has 1 heterocycles. The molecule has 1 aromatic rings. The summed E-state index contributed by atoms with van der Waals surface area (Å²) >= 11 is 0. The molecule has 1 saturated carbocycles. The van der Waals surface area contributed by atoms with Gasteiger partial charge in [0.05, 0.1) is 0 Å². The number of hydrogen-bond donors (Lipinski definition) is 1. The van der Waals surface area contributed by atoms with E-state index < -0.39 is 6.10 Å². The fourth-order valence-corrected chi connectivity index (χ4v) is 3.84. The summed E-state index contributed by atoms with van der Waals surface area (Å²) in [6, 6.07) is 8.79. The predicted molar refractivity (Wildman–Crippen MR) is 92.9 cm³/mol. The normalized spacial score (nSPS) is 22.3. The molecule has 4 heteroatoms. The van der Waals surface area contributed by atoms with Gasteiger partial charge >= 0.3 is 0 Å². The van der Waals surface area contributed by atoms with Crippen LogP contribution in [0.15, 0.2) is 24.3 Å². The molecular weight excluding hydrogens is 288 g/mol. The van der Waals surface area contributed by atoms with Crippen molar-refractivity contribution in [2.75, 3.05) is 39.3 Å². The van der Waals surface area contributed by atoms with Crippen molar-refractivity contribution in [3.8, 4) is 5.75 Å². The van der Waals surface area contributed by atoms with E-state index in [0.29, 0.717) is 13.2 Å². The lowest BCUT2D eigenvalue weighted by molar-refractivity contribution is 0.0369. The molecule has 2 fully saturated rings. The molecule has 0 bridgehead atoms. The van der Waals surface area contributed by atoms with E-state index in [4.69, 9.17) is 4.74 Å². The smallest absolute Gasteiger partial charge is 0.122 e. The van der Waals surface area contributed by atoms with Crippen molar-refractivity contribution >= 4 is 0 Å². The van der Waals surface area contributed by atoms with Crippen molar-refractivity contribution in [2.45, 2.75) is 44.8 Å². The van der Waals surface area contributed by atoms with Gasteiger partial charge in [0.25, 0.3) is 0 Å². The van der Waals surface area contributed by atoms with Gasteiger partial charge in [-0.15, -0.1) is 0 Å². The Morgan fingerprint density at radius 3 is 2.52 bits per heavy atom. The largest absolute Gasteiger partial charge is 0.491 e. The number of benzene rings is 1. The van der Waals surface area contributed by atoms with Crippen molar-refractivity contribution in [3.63, 3.8) is 0 Å². The van der Waals surface area contributed by atoms with Crippen molar-refractivity contribution in [2.24, 2.45) is 0 Å². The molecule has 128 valence electrons. The van der Waals surface area contributed by atoms with E-state index >= 15 is 0 Å². The molecule has 0 spiro atoms. The summed E-state index contributed by atoms with van der Waals surface area (Å²) in [6.45, 7) is 7.55. The number of aryl methyl sites for hydroxylation is 1. The number of nitrogens with zero attached hydrogens (tertiary/aromatic N) is 2. The highest BCUT2D eigenvalue weighted by Gasteiger charge is 2.26. The lowest BCUT2D eigenvalue weighted by atomic mass is 10.1. The summed E-state index contributed by atoms with van der Waals surface area (Å²) in [6.07, 6.45) is 5.15. The van der Waals surface area contributed by atoms with E-state index in [2.05, 4.69) is 9.80 Å². The van der Waals surface area contributed by atoms with Gasteiger partial charge in [-0.05, 0) is 31.4 Å². The third kappa shape index (κ3) is 4.69. The maximum absolute atomic E-state index is 10.3. The van der Waals surface area contributed by atoms with E-state index in [-0.39, 0.29) is 0 Å². The van der Waals surface area contributed by atoms with Gasteiger partial charge in [-0.3, -0.25) is 9.80 Å². The van der Waals surface area contributed by atoms with Crippen LogP contribution in [-0.2, 0) is 0 Å². The Morgan fingerprint density at radius 1 is 1.13 bits per heavy atom. The Labute approximate surface area is 140 Å². The Bertz CT molecular complexity index is 480. The summed E-state index contributed by atoms with van der Waals surface area (Å²) < 4.78 is 5.76. The Morgan fingerprint density at radius 2 is 1.83 bits per heavy atom. The van der Waals surface area contributed by atoms with Crippen molar-refractivity contribution in [1.29, 1.82) is 0 Å². The topological polar surface area (TPSA) is 35.9 Å².